The summed E-state index contributed by atoms with van der Waals surface area (Å²) in [6, 6.07) is 7.91. The predicted octanol–water partition coefficient (Wildman–Crippen LogP) is 2.86. The standard InChI is InChI=1S/C16H24N2O2/c1-5-12(2)18(8-9-20-4)16-10-14(11-17)6-7-15(16)13(3)19/h6-7,10,12-13,19H,5,8-9H2,1-4H3/t12?,13-/m1/s1. The van der Waals surface area contributed by atoms with Gasteiger partial charge in [-0.2, -0.15) is 5.26 Å². The average Bonchev–Trinajstić information content (AvgIpc) is 2.46. The molecule has 1 rings (SSSR count). The second kappa shape index (κ2) is 7.88. The van der Waals surface area contributed by atoms with Gasteiger partial charge in [0.15, 0.2) is 0 Å². The van der Waals surface area contributed by atoms with E-state index in [1.54, 1.807) is 20.1 Å². The zero-order valence-electron chi connectivity index (χ0n) is 12.8. The first kappa shape index (κ1) is 16.5. The summed E-state index contributed by atoms with van der Waals surface area (Å²) in [5.74, 6) is 0. The number of benzene rings is 1. The molecule has 20 heavy (non-hydrogen) atoms. The molecule has 0 aliphatic heterocycles. The van der Waals surface area contributed by atoms with E-state index in [-0.39, 0.29) is 0 Å². The second-order valence-corrected chi connectivity index (χ2v) is 5.00. The van der Waals surface area contributed by atoms with Crippen molar-refractivity contribution in [1.82, 2.24) is 0 Å². The van der Waals surface area contributed by atoms with E-state index < -0.39 is 6.10 Å². The molecule has 1 unspecified atom stereocenters. The van der Waals surface area contributed by atoms with Gasteiger partial charge in [0.2, 0.25) is 0 Å². The van der Waals surface area contributed by atoms with Crippen molar-refractivity contribution in [3.63, 3.8) is 0 Å². The Morgan fingerprint density at radius 2 is 2.10 bits per heavy atom. The lowest BCUT2D eigenvalue weighted by Crippen LogP contribution is -2.36. The Hall–Kier alpha value is -1.57. The maximum atomic E-state index is 9.96. The highest BCUT2D eigenvalue weighted by Crippen LogP contribution is 2.29. The highest BCUT2D eigenvalue weighted by molar-refractivity contribution is 5.59. The monoisotopic (exact) mass is 276 g/mol. The van der Waals surface area contributed by atoms with Crippen LogP contribution in [0.5, 0.6) is 0 Å². The maximum absolute atomic E-state index is 9.96. The minimum Gasteiger partial charge on any atom is -0.389 e. The summed E-state index contributed by atoms with van der Waals surface area (Å²) in [6.45, 7) is 7.36. The van der Waals surface area contributed by atoms with Crippen LogP contribution in [-0.2, 0) is 4.74 Å². The van der Waals surface area contributed by atoms with Crippen molar-refractivity contribution >= 4 is 5.69 Å². The van der Waals surface area contributed by atoms with Gasteiger partial charge in [-0.05, 0) is 32.4 Å². The molecular formula is C16H24N2O2. The molecule has 0 spiro atoms. The molecule has 1 aromatic rings. The van der Waals surface area contributed by atoms with Gasteiger partial charge < -0.3 is 14.7 Å². The normalized spacial score (nSPS) is 13.6. The molecule has 0 fully saturated rings. The average molecular weight is 276 g/mol. The van der Waals surface area contributed by atoms with Crippen molar-refractivity contribution in [2.24, 2.45) is 0 Å². The van der Waals surface area contributed by atoms with Crippen LogP contribution >= 0.6 is 0 Å². The molecule has 1 aromatic carbocycles. The zero-order valence-corrected chi connectivity index (χ0v) is 12.8. The molecular weight excluding hydrogens is 252 g/mol. The highest BCUT2D eigenvalue weighted by atomic mass is 16.5. The molecule has 4 nitrogen and oxygen atoms in total. The SMILES string of the molecule is CCC(C)N(CCOC)c1cc(C#N)ccc1[C@@H](C)O. The fraction of sp³-hybridized carbons (Fsp3) is 0.562. The minimum absolute atomic E-state index is 0.316. The van der Waals surface area contributed by atoms with Gasteiger partial charge in [0.25, 0.3) is 0 Å². The van der Waals surface area contributed by atoms with Crippen LogP contribution in [-0.4, -0.2) is 31.4 Å². The summed E-state index contributed by atoms with van der Waals surface area (Å²) in [6.07, 6.45) is 0.423. The first-order chi connectivity index (χ1) is 9.54. The van der Waals surface area contributed by atoms with E-state index in [2.05, 4.69) is 24.8 Å². The molecule has 2 atom stereocenters. The Kier molecular flexibility index (Phi) is 6.50. The second-order valence-electron chi connectivity index (χ2n) is 5.00. The van der Waals surface area contributed by atoms with E-state index in [0.29, 0.717) is 18.2 Å². The van der Waals surface area contributed by atoms with E-state index in [1.807, 2.05) is 12.1 Å². The largest absolute Gasteiger partial charge is 0.389 e. The van der Waals surface area contributed by atoms with E-state index >= 15 is 0 Å². The number of aliphatic hydroxyl groups excluding tert-OH is 1. The molecule has 0 heterocycles. The quantitative estimate of drug-likeness (QED) is 0.832. The van der Waals surface area contributed by atoms with Gasteiger partial charge in [-0.1, -0.05) is 13.0 Å². The first-order valence-electron chi connectivity index (χ1n) is 7.02. The summed E-state index contributed by atoms with van der Waals surface area (Å²) in [5, 5.41) is 19.0. The van der Waals surface area contributed by atoms with E-state index in [0.717, 1.165) is 24.2 Å². The molecule has 0 bridgehead atoms. The van der Waals surface area contributed by atoms with Crippen LogP contribution in [0.3, 0.4) is 0 Å². The summed E-state index contributed by atoms with van der Waals surface area (Å²) in [7, 11) is 1.68. The van der Waals surface area contributed by atoms with Crippen LogP contribution in [0.1, 0.15) is 44.4 Å². The number of aliphatic hydroxyl groups is 1. The van der Waals surface area contributed by atoms with Crippen LogP contribution in [0, 0.1) is 11.3 Å². The molecule has 4 heteroatoms. The van der Waals surface area contributed by atoms with Gasteiger partial charge in [-0.3, -0.25) is 0 Å². The Labute approximate surface area is 121 Å². The summed E-state index contributed by atoms with van der Waals surface area (Å²) >= 11 is 0. The maximum Gasteiger partial charge on any atom is 0.0992 e. The first-order valence-corrected chi connectivity index (χ1v) is 7.02. The predicted molar refractivity (Wildman–Crippen MR) is 80.8 cm³/mol. The van der Waals surface area contributed by atoms with E-state index in [1.165, 1.54) is 0 Å². The molecule has 0 aliphatic rings. The third-order valence-corrected chi connectivity index (χ3v) is 3.58. The fourth-order valence-electron chi connectivity index (χ4n) is 2.20. The number of nitrogens with zero attached hydrogens (tertiary/aromatic N) is 2. The summed E-state index contributed by atoms with van der Waals surface area (Å²) in [5.41, 5.74) is 2.38. The van der Waals surface area contributed by atoms with Crippen LogP contribution in [0.25, 0.3) is 0 Å². The van der Waals surface area contributed by atoms with Crippen LogP contribution < -0.4 is 4.90 Å². The lowest BCUT2D eigenvalue weighted by molar-refractivity contribution is 0.196. The molecule has 0 saturated heterocycles. The van der Waals surface area contributed by atoms with Crippen LogP contribution in [0.4, 0.5) is 5.69 Å². The lowest BCUT2D eigenvalue weighted by Gasteiger charge is -2.33. The Morgan fingerprint density at radius 1 is 1.40 bits per heavy atom. The fourth-order valence-corrected chi connectivity index (χ4v) is 2.20. The molecule has 1 N–H and O–H groups in total. The third kappa shape index (κ3) is 3.96. The van der Waals surface area contributed by atoms with Gasteiger partial charge >= 0.3 is 0 Å². The van der Waals surface area contributed by atoms with Crippen molar-refractivity contribution in [2.75, 3.05) is 25.2 Å². The molecule has 0 saturated carbocycles. The van der Waals surface area contributed by atoms with Gasteiger partial charge in [0.1, 0.15) is 0 Å². The van der Waals surface area contributed by atoms with E-state index in [4.69, 9.17) is 10.00 Å². The topological polar surface area (TPSA) is 56.5 Å². The van der Waals surface area contributed by atoms with Gasteiger partial charge in [0.05, 0.1) is 24.3 Å². The lowest BCUT2D eigenvalue weighted by atomic mass is 10.0. The molecule has 110 valence electrons. The van der Waals surface area contributed by atoms with Crippen molar-refractivity contribution in [2.45, 2.75) is 39.3 Å². The number of hydrogen-bond donors (Lipinski definition) is 1. The number of methoxy groups -OCH3 is 1. The summed E-state index contributed by atoms with van der Waals surface area (Å²) in [4.78, 5) is 2.20. The number of rotatable bonds is 7. The minimum atomic E-state index is -0.563. The number of hydrogen-bond acceptors (Lipinski definition) is 4. The molecule has 0 aliphatic carbocycles. The number of anilines is 1. The van der Waals surface area contributed by atoms with Gasteiger partial charge in [-0.15, -0.1) is 0 Å². The highest BCUT2D eigenvalue weighted by Gasteiger charge is 2.19. The molecule has 0 aromatic heterocycles. The van der Waals surface area contributed by atoms with Crippen molar-refractivity contribution < 1.29 is 9.84 Å². The van der Waals surface area contributed by atoms with E-state index in [9.17, 15) is 5.11 Å². The van der Waals surface area contributed by atoms with Gasteiger partial charge in [-0.25, -0.2) is 0 Å². The van der Waals surface area contributed by atoms with Crippen LogP contribution in [0.2, 0.25) is 0 Å². The van der Waals surface area contributed by atoms with Crippen LogP contribution in [0.15, 0.2) is 18.2 Å². The Morgan fingerprint density at radius 3 is 2.60 bits per heavy atom. The van der Waals surface area contributed by atoms with Gasteiger partial charge in [0, 0.05) is 30.9 Å². The Balaban J connectivity index is 3.24. The zero-order chi connectivity index (χ0) is 15.1. The smallest absolute Gasteiger partial charge is 0.0992 e. The Bertz CT molecular complexity index is 466. The van der Waals surface area contributed by atoms with Crippen molar-refractivity contribution in [3.05, 3.63) is 29.3 Å². The third-order valence-electron chi connectivity index (χ3n) is 3.58. The van der Waals surface area contributed by atoms with Crippen molar-refractivity contribution in [3.8, 4) is 6.07 Å². The summed E-state index contributed by atoms with van der Waals surface area (Å²) < 4.78 is 5.18. The molecule has 0 amide bonds. The number of nitriles is 1. The number of ether oxygens (including phenoxy) is 1. The molecule has 0 radical (unpaired) electrons. The van der Waals surface area contributed by atoms with Crippen molar-refractivity contribution in [1.29, 1.82) is 5.26 Å².